The fraction of sp³-hybridized carbons (Fsp3) is 0.400. The van der Waals surface area contributed by atoms with Crippen LogP contribution in [0.4, 0.5) is 17.5 Å². The van der Waals surface area contributed by atoms with Crippen molar-refractivity contribution in [2.24, 2.45) is 0 Å². The maximum atomic E-state index is 5.15. The summed E-state index contributed by atoms with van der Waals surface area (Å²) in [5, 5.41) is 4.02. The molecule has 0 atom stereocenters. The highest BCUT2D eigenvalue weighted by atomic mass is 32.2. The Hall–Kier alpha value is -3.01. The van der Waals surface area contributed by atoms with E-state index in [9.17, 15) is 0 Å². The minimum atomic E-state index is 0.543. The average Bonchev–Trinajstić information content (AvgIpc) is 2.79. The third-order valence-corrected chi connectivity index (χ3v) is 5.32. The first-order chi connectivity index (χ1) is 14.7. The van der Waals surface area contributed by atoms with Gasteiger partial charge in [-0.05, 0) is 38.5 Å². The zero-order valence-corrected chi connectivity index (χ0v) is 18.1. The number of anilines is 3. The number of piperidine rings is 1. The van der Waals surface area contributed by atoms with E-state index in [1.54, 1.807) is 25.6 Å². The quantitative estimate of drug-likeness (QED) is 0.592. The van der Waals surface area contributed by atoms with Crippen molar-refractivity contribution >= 4 is 29.2 Å². The largest absolute Gasteiger partial charge is 0.481 e. The number of aromatic nitrogens is 6. The van der Waals surface area contributed by atoms with E-state index in [0.29, 0.717) is 40.0 Å². The molecule has 0 aromatic carbocycles. The second-order valence-electron chi connectivity index (χ2n) is 6.89. The second-order valence-corrected chi connectivity index (χ2v) is 7.66. The van der Waals surface area contributed by atoms with Gasteiger partial charge in [0, 0.05) is 25.4 Å². The van der Waals surface area contributed by atoms with Gasteiger partial charge >= 0.3 is 0 Å². The fourth-order valence-electron chi connectivity index (χ4n) is 3.26. The number of aryl methyl sites for hydroxylation is 1. The van der Waals surface area contributed by atoms with Crippen LogP contribution in [0.5, 0.6) is 5.88 Å². The van der Waals surface area contributed by atoms with E-state index in [1.165, 1.54) is 18.2 Å². The summed E-state index contributed by atoms with van der Waals surface area (Å²) in [6.45, 7) is 3.78. The van der Waals surface area contributed by atoms with Crippen LogP contribution in [0.3, 0.4) is 0 Å². The number of ether oxygens (including phenoxy) is 1. The summed E-state index contributed by atoms with van der Waals surface area (Å²) < 4.78 is 5.15. The molecule has 4 rings (SSSR count). The van der Waals surface area contributed by atoms with Crippen molar-refractivity contribution in [1.29, 1.82) is 0 Å². The van der Waals surface area contributed by atoms with Crippen molar-refractivity contribution in [1.82, 2.24) is 29.9 Å². The zero-order chi connectivity index (χ0) is 20.9. The third-order valence-electron chi connectivity index (χ3n) is 4.77. The summed E-state index contributed by atoms with van der Waals surface area (Å²) in [5.74, 6) is 3.09. The van der Waals surface area contributed by atoms with Crippen molar-refractivity contribution in [3.8, 4) is 17.3 Å². The molecular weight excluding hydrogens is 400 g/mol. The number of methoxy groups -OCH3 is 1. The Morgan fingerprint density at radius 3 is 2.53 bits per heavy atom. The first-order valence-corrected chi connectivity index (χ1v) is 11.0. The van der Waals surface area contributed by atoms with Crippen molar-refractivity contribution in [3.05, 3.63) is 30.4 Å². The zero-order valence-electron chi connectivity index (χ0n) is 17.3. The molecule has 30 heavy (non-hydrogen) atoms. The van der Waals surface area contributed by atoms with E-state index in [-0.39, 0.29) is 0 Å². The Kier molecular flexibility index (Phi) is 6.22. The summed E-state index contributed by atoms with van der Waals surface area (Å²) >= 11 is 1.48. The smallest absolute Gasteiger partial charge is 0.227 e. The lowest BCUT2D eigenvalue weighted by molar-refractivity contribution is 0.398. The molecule has 1 saturated heterocycles. The van der Waals surface area contributed by atoms with Crippen molar-refractivity contribution in [3.63, 3.8) is 0 Å². The predicted octanol–water partition coefficient (Wildman–Crippen LogP) is 3.50. The molecule has 0 bridgehead atoms. The highest BCUT2D eigenvalue weighted by Gasteiger charge is 2.19. The van der Waals surface area contributed by atoms with Gasteiger partial charge in [-0.1, -0.05) is 11.8 Å². The lowest BCUT2D eigenvalue weighted by Gasteiger charge is -2.27. The minimum absolute atomic E-state index is 0.543. The number of rotatable bonds is 6. The van der Waals surface area contributed by atoms with Crippen LogP contribution in [0.1, 0.15) is 25.1 Å². The van der Waals surface area contributed by atoms with Crippen LogP contribution in [0.25, 0.3) is 11.4 Å². The molecule has 1 fully saturated rings. The van der Waals surface area contributed by atoms with Crippen LogP contribution < -0.4 is 15.0 Å². The van der Waals surface area contributed by atoms with Gasteiger partial charge in [-0.15, -0.1) is 0 Å². The van der Waals surface area contributed by atoms with Crippen LogP contribution in [0, 0.1) is 6.92 Å². The number of nitrogens with zero attached hydrogens (tertiary/aromatic N) is 7. The van der Waals surface area contributed by atoms with Gasteiger partial charge in [-0.25, -0.2) is 24.9 Å². The Bertz CT molecular complexity index is 1010. The number of pyridine rings is 1. The highest BCUT2D eigenvalue weighted by molar-refractivity contribution is 7.98. The molecule has 0 amide bonds. The standard InChI is InChI=1S/C20H24N8OS/c1-13-23-17(27-20(24-13)30-3)15-12-22-19(28-9-5-4-6-10-28)26-18(15)25-14-7-8-16(29-2)21-11-14/h7-8,11-12H,4-6,9-10H2,1-3H3,(H,22,25,26). The first kappa shape index (κ1) is 20.3. The van der Waals surface area contributed by atoms with Gasteiger partial charge in [0.1, 0.15) is 11.6 Å². The van der Waals surface area contributed by atoms with Crippen molar-refractivity contribution < 1.29 is 4.74 Å². The molecule has 1 aliphatic heterocycles. The lowest BCUT2D eigenvalue weighted by Crippen LogP contribution is -2.31. The van der Waals surface area contributed by atoms with E-state index in [2.05, 4.69) is 35.1 Å². The Labute approximate surface area is 179 Å². The van der Waals surface area contributed by atoms with Crippen LogP contribution in [0.15, 0.2) is 29.7 Å². The van der Waals surface area contributed by atoms with Gasteiger partial charge in [0.15, 0.2) is 11.0 Å². The maximum Gasteiger partial charge on any atom is 0.227 e. The molecule has 1 N–H and O–H groups in total. The molecule has 3 aromatic rings. The van der Waals surface area contributed by atoms with E-state index in [4.69, 9.17) is 9.72 Å². The van der Waals surface area contributed by atoms with Gasteiger partial charge in [0.05, 0.1) is 24.6 Å². The molecule has 0 aliphatic carbocycles. The summed E-state index contributed by atoms with van der Waals surface area (Å²) in [4.78, 5) is 29.4. The van der Waals surface area contributed by atoms with Gasteiger partial charge in [0.25, 0.3) is 0 Å². The third kappa shape index (κ3) is 4.59. The minimum Gasteiger partial charge on any atom is -0.481 e. The molecule has 0 unspecified atom stereocenters. The topological polar surface area (TPSA) is 102 Å². The Morgan fingerprint density at radius 1 is 1.00 bits per heavy atom. The monoisotopic (exact) mass is 424 g/mol. The van der Waals surface area contributed by atoms with Gasteiger partial charge < -0.3 is 15.0 Å². The van der Waals surface area contributed by atoms with Crippen LogP contribution in [-0.4, -0.2) is 56.4 Å². The maximum absolute atomic E-state index is 5.15. The fourth-order valence-corrected chi connectivity index (χ4v) is 3.66. The second kappa shape index (κ2) is 9.21. The lowest BCUT2D eigenvalue weighted by atomic mass is 10.1. The van der Waals surface area contributed by atoms with Gasteiger partial charge in [0.2, 0.25) is 11.8 Å². The molecule has 10 heteroatoms. The normalized spacial score (nSPS) is 13.9. The van der Waals surface area contributed by atoms with Gasteiger partial charge in [-0.3, -0.25) is 0 Å². The predicted molar refractivity (Wildman–Crippen MR) is 118 cm³/mol. The molecule has 1 aliphatic rings. The van der Waals surface area contributed by atoms with Crippen LogP contribution in [0.2, 0.25) is 0 Å². The first-order valence-electron chi connectivity index (χ1n) is 9.82. The van der Waals surface area contributed by atoms with Crippen LogP contribution in [-0.2, 0) is 0 Å². The number of thioether (sulfide) groups is 1. The number of hydrogen-bond donors (Lipinski definition) is 1. The molecule has 3 aromatic heterocycles. The molecule has 4 heterocycles. The molecule has 0 spiro atoms. The van der Waals surface area contributed by atoms with E-state index >= 15 is 0 Å². The average molecular weight is 425 g/mol. The number of nitrogens with one attached hydrogen (secondary N) is 1. The number of hydrogen-bond acceptors (Lipinski definition) is 10. The van der Waals surface area contributed by atoms with Crippen LogP contribution >= 0.6 is 11.8 Å². The molecule has 156 valence electrons. The van der Waals surface area contributed by atoms with Crippen molar-refractivity contribution in [2.75, 3.05) is 36.7 Å². The van der Waals surface area contributed by atoms with Crippen molar-refractivity contribution in [2.45, 2.75) is 31.3 Å². The van der Waals surface area contributed by atoms with E-state index in [0.717, 1.165) is 31.6 Å². The summed E-state index contributed by atoms with van der Waals surface area (Å²) in [5.41, 5.74) is 1.50. The SMILES string of the molecule is COc1ccc(Nc2nc(N3CCCCC3)ncc2-c2nc(C)nc(SC)n2)cn1. The molecule has 9 nitrogen and oxygen atoms in total. The summed E-state index contributed by atoms with van der Waals surface area (Å²) in [6, 6.07) is 3.69. The Morgan fingerprint density at radius 2 is 1.83 bits per heavy atom. The molecule has 0 radical (unpaired) electrons. The van der Waals surface area contributed by atoms with E-state index in [1.807, 2.05) is 19.2 Å². The summed E-state index contributed by atoms with van der Waals surface area (Å²) in [7, 11) is 1.59. The Balaban J connectivity index is 1.74. The highest BCUT2D eigenvalue weighted by Crippen LogP contribution is 2.29. The molecular formula is C20H24N8OS. The van der Waals surface area contributed by atoms with E-state index < -0.39 is 0 Å². The van der Waals surface area contributed by atoms with Gasteiger partial charge in [-0.2, -0.15) is 4.98 Å². The molecule has 0 saturated carbocycles. The summed E-state index contributed by atoms with van der Waals surface area (Å²) in [6.07, 6.45) is 8.99.